The Hall–Kier alpha value is -3.50. The third kappa shape index (κ3) is 4.87. The van der Waals surface area contributed by atoms with E-state index in [4.69, 9.17) is 18.6 Å². The van der Waals surface area contributed by atoms with Crippen LogP contribution in [0.4, 0.5) is 5.69 Å². The highest BCUT2D eigenvalue weighted by Crippen LogP contribution is 2.34. The summed E-state index contributed by atoms with van der Waals surface area (Å²) in [5.41, 5.74) is 0.468. The molecule has 32 heavy (non-hydrogen) atoms. The van der Waals surface area contributed by atoms with Crippen molar-refractivity contribution < 1.29 is 31.8 Å². The van der Waals surface area contributed by atoms with Crippen LogP contribution in [0.25, 0.3) is 0 Å². The number of ether oxygens (including phenoxy) is 3. The van der Waals surface area contributed by atoms with Crippen molar-refractivity contribution in [2.75, 3.05) is 25.3 Å². The third-order valence-corrected chi connectivity index (χ3v) is 6.47. The van der Waals surface area contributed by atoms with E-state index < -0.39 is 22.5 Å². The molecule has 10 heteroatoms. The predicted octanol–water partition coefficient (Wildman–Crippen LogP) is 3.24. The number of sulfonamides is 1. The number of carbonyl (C=O) groups excluding carboxylic acids is 1. The summed E-state index contributed by atoms with van der Waals surface area (Å²) in [5, 5.41) is 2.70. The largest absolute Gasteiger partial charge is 0.494 e. The number of anilines is 1. The minimum Gasteiger partial charge on any atom is -0.494 e. The van der Waals surface area contributed by atoms with Crippen LogP contribution in [0.5, 0.6) is 17.2 Å². The molecule has 3 aromatic rings. The second-order valence-electron chi connectivity index (χ2n) is 6.87. The van der Waals surface area contributed by atoms with Gasteiger partial charge in [0.15, 0.2) is 11.5 Å². The van der Waals surface area contributed by atoms with Crippen LogP contribution in [0.3, 0.4) is 0 Å². The number of hydrogen-bond donors (Lipinski definition) is 1. The lowest BCUT2D eigenvalue weighted by molar-refractivity contribution is -0.116. The second kappa shape index (κ2) is 9.33. The molecule has 0 aliphatic carbocycles. The highest BCUT2D eigenvalue weighted by atomic mass is 32.2. The van der Waals surface area contributed by atoms with Crippen molar-refractivity contribution in [2.45, 2.75) is 18.4 Å². The van der Waals surface area contributed by atoms with Crippen LogP contribution >= 0.6 is 0 Å². The van der Waals surface area contributed by atoms with Crippen LogP contribution in [0, 0.1) is 0 Å². The van der Waals surface area contributed by atoms with Crippen molar-refractivity contribution >= 4 is 21.6 Å². The van der Waals surface area contributed by atoms with Gasteiger partial charge in [0, 0.05) is 11.8 Å². The number of amides is 1. The van der Waals surface area contributed by atoms with E-state index in [0.29, 0.717) is 35.3 Å². The van der Waals surface area contributed by atoms with Gasteiger partial charge in [-0.2, -0.15) is 4.31 Å². The predicted molar refractivity (Wildman–Crippen MR) is 115 cm³/mol. The molecule has 0 spiro atoms. The fourth-order valence-electron chi connectivity index (χ4n) is 3.16. The Kier molecular flexibility index (Phi) is 6.33. The summed E-state index contributed by atoms with van der Waals surface area (Å²) < 4.78 is 48.9. The number of carbonyl (C=O) groups is 1. The van der Waals surface area contributed by atoms with Crippen molar-refractivity contribution in [1.82, 2.24) is 4.31 Å². The molecule has 0 saturated carbocycles. The van der Waals surface area contributed by atoms with E-state index in [1.165, 1.54) is 18.4 Å². The van der Waals surface area contributed by atoms with Crippen molar-refractivity contribution in [2.24, 2.45) is 0 Å². The summed E-state index contributed by atoms with van der Waals surface area (Å²) in [5.74, 6) is 1.56. The molecular formula is C22H22N2O7S. The first-order chi connectivity index (χ1) is 15.5. The van der Waals surface area contributed by atoms with Gasteiger partial charge in [-0.3, -0.25) is 4.79 Å². The smallest absolute Gasteiger partial charge is 0.243 e. The lowest BCUT2D eigenvalue weighted by Gasteiger charge is -2.21. The SMILES string of the molecule is CCOc1ccc(S(=O)(=O)N(CC(=O)Nc2ccc3c(c2)OCO3)Cc2ccco2)cc1. The molecular weight excluding hydrogens is 436 g/mol. The molecule has 0 bridgehead atoms. The van der Waals surface area contributed by atoms with Crippen molar-refractivity contribution in [1.29, 1.82) is 0 Å². The Bertz CT molecular complexity index is 1180. The summed E-state index contributed by atoms with van der Waals surface area (Å²) in [7, 11) is -3.99. The van der Waals surface area contributed by atoms with Crippen LogP contribution in [-0.4, -0.2) is 38.6 Å². The molecule has 2 heterocycles. The quantitative estimate of drug-likeness (QED) is 0.525. The van der Waals surface area contributed by atoms with Crippen molar-refractivity contribution in [3.05, 3.63) is 66.6 Å². The Balaban J connectivity index is 1.53. The molecule has 4 rings (SSSR count). The Labute approximate surface area is 185 Å². The summed E-state index contributed by atoms with van der Waals surface area (Å²) in [6.07, 6.45) is 1.45. The van der Waals surface area contributed by atoms with Gasteiger partial charge in [-0.15, -0.1) is 0 Å². The molecule has 0 atom stereocenters. The zero-order valence-corrected chi connectivity index (χ0v) is 18.1. The summed E-state index contributed by atoms with van der Waals surface area (Å²) in [6, 6.07) is 14.3. The van der Waals surface area contributed by atoms with Crippen LogP contribution in [0.2, 0.25) is 0 Å². The minimum absolute atomic E-state index is 0.0448. The molecule has 168 valence electrons. The van der Waals surface area contributed by atoms with E-state index >= 15 is 0 Å². The number of benzene rings is 2. The molecule has 0 fully saturated rings. The lowest BCUT2D eigenvalue weighted by Crippen LogP contribution is -2.37. The zero-order chi connectivity index (χ0) is 22.6. The van der Waals surface area contributed by atoms with Gasteiger partial charge in [0.1, 0.15) is 11.5 Å². The maximum Gasteiger partial charge on any atom is 0.243 e. The monoisotopic (exact) mass is 458 g/mol. The second-order valence-corrected chi connectivity index (χ2v) is 8.81. The van der Waals surface area contributed by atoms with Crippen LogP contribution in [0.15, 0.2) is 70.2 Å². The molecule has 1 N–H and O–H groups in total. The summed E-state index contributed by atoms with van der Waals surface area (Å²) in [4.78, 5) is 12.8. The van der Waals surface area contributed by atoms with Crippen LogP contribution < -0.4 is 19.5 Å². The van der Waals surface area contributed by atoms with Gasteiger partial charge in [-0.1, -0.05) is 0 Å². The average Bonchev–Trinajstić information content (AvgIpc) is 3.45. The first-order valence-electron chi connectivity index (χ1n) is 9.90. The Morgan fingerprint density at radius 2 is 1.88 bits per heavy atom. The van der Waals surface area contributed by atoms with Gasteiger partial charge in [-0.25, -0.2) is 8.42 Å². The van der Waals surface area contributed by atoms with Crippen LogP contribution in [-0.2, 0) is 21.4 Å². The molecule has 2 aromatic carbocycles. The minimum atomic E-state index is -3.99. The molecule has 1 aliphatic rings. The maximum atomic E-state index is 13.3. The van der Waals surface area contributed by atoms with Gasteiger partial charge in [0.2, 0.25) is 22.7 Å². The number of hydrogen-bond acceptors (Lipinski definition) is 7. The van der Waals surface area contributed by atoms with Crippen molar-refractivity contribution in [3.63, 3.8) is 0 Å². The number of nitrogens with one attached hydrogen (secondary N) is 1. The van der Waals surface area contributed by atoms with E-state index in [9.17, 15) is 13.2 Å². The molecule has 0 saturated heterocycles. The number of rotatable bonds is 9. The van der Waals surface area contributed by atoms with Gasteiger partial charge >= 0.3 is 0 Å². The highest BCUT2D eigenvalue weighted by Gasteiger charge is 2.28. The fourth-order valence-corrected chi connectivity index (χ4v) is 4.52. The first-order valence-corrected chi connectivity index (χ1v) is 11.3. The first kappa shape index (κ1) is 21.7. The van der Waals surface area contributed by atoms with Gasteiger partial charge in [-0.05, 0) is 55.5 Å². The average molecular weight is 458 g/mol. The van der Waals surface area contributed by atoms with Gasteiger partial charge in [0.25, 0.3) is 0 Å². The number of nitrogens with zero attached hydrogens (tertiary/aromatic N) is 1. The van der Waals surface area contributed by atoms with E-state index in [0.717, 1.165) is 4.31 Å². The molecule has 1 amide bonds. The van der Waals surface area contributed by atoms with Crippen LogP contribution in [0.1, 0.15) is 12.7 Å². The Morgan fingerprint density at radius 3 is 2.59 bits per heavy atom. The highest BCUT2D eigenvalue weighted by molar-refractivity contribution is 7.89. The van der Waals surface area contributed by atoms with Crippen molar-refractivity contribution in [3.8, 4) is 17.2 Å². The fraction of sp³-hybridized carbons (Fsp3) is 0.227. The summed E-state index contributed by atoms with van der Waals surface area (Å²) >= 11 is 0. The van der Waals surface area contributed by atoms with Gasteiger partial charge in [0.05, 0.1) is 30.9 Å². The molecule has 0 unspecified atom stereocenters. The number of fused-ring (bicyclic) bond motifs is 1. The zero-order valence-electron chi connectivity index (χ0n) is 17.3. The molecule has 1 aromatic heterocycles. The van der Waals surface area contributed by atoms with E-state index in [1.807, 2.05) is 6.92 Å². The van der Waals surface area contributed by atoms with E-state index in [-0.39, 0.29) is 18.2 Å². The summed E-state index contributed by atoms with van der Waals surface area (Å²) in [6.45, 7) is 1.91. The molecule has 9 nitrogen and oxygen atoms in total. The normalized spacial score (nSPS) is 12.7. The van der Waals surface area contributed by atoms with E-state index in [2.05, 4.69) is 5.32 Å². The molecule has 1 aliphatic heterocycles. The maximum absolute atomic E-state index is 13.3. The topological polar surface area (TPSA) is 107 Å². The number of furan rings is 1. The molecule has 0 radical (unpaired) electrons. The Morgan fingerprint density at radius 1 is 1.09 bits per heavy atom. The van der Waals surface area contributed by atoms with E-state index in [1.54, 1.807) is 42.5 Å². The third-order valence-electron chi connectivity index (χ3n) is 4.66. The lowest BCUT2D eigenvalue weighted by atomic mass is 10.3. The van der Waals surface area contributed by atoms with Gasteiger partial charge < -0.3 is 23.9 Å². The standard InChI is InChI=1S/C22H22N2O7S/c1-2-28-17-6-8-19(9-7-17)32(26,27)24(13-18-4-3-11-29-18)14-22(25)23-16-5-10-20-21(12-16)31-15-30-20/h3-12H,2,13-15H2,1H3,(H,23,25).